The highest BCUT2D eigenvalue weighted by molar-refractivity contribution is 6.51. The fourth-order valence-corrected chi connectivity index (χ4v) is 4.55. The van der Waals surface area contributed by atoms with E-state index >= 15 is 0 Å². The number of methoxy groups -OCH3 is 1. The Morgan fingerprint density at radius 1 is 0.821 bits per heavy atom. The number of rotatable bonds is 12. The van der Waals surface area contributed by atoms with E-state index in [1.165, 1.54) is 12.0 Å². The number of anilines is 1. The number of ether oxygens (including phenoxy) is 3. The number of ketones is 1. The van der Waals surface area contributed by atoms with Gasteiger partial charge in [-0.2, -0.15) is 0 Å². The van der Waals surface area contributed by atoms with E-state index in [1.54, 1.807) is 60.7 Å². The second-order valence-electron chi connectivity index (χ2n) is 9.37. The molecular formula is C32H35NO6. The number of benzene rings is 3. The molecule has 1 atom stereocenters. The molecule has 0 aromatic heterocycles. The number of hydrogen-bond donors (Lipinski definition) is 1. The van der Waals surface area contributed by atoms with Crippen molar-refractivity contribution in [2.75, 3.05) is 25.2 Å². The summed E-state index contributed by atoms with van der Waals surface area (Å²) >= 11 is 0. The number of aliphatic hydroxyl groups is 1. The molecule has 1 N–H and O–H groups in total. The van der Waals surface area contributed by atoms with Crippen LogP contribution in [-0.2, 0) is 9.59 Å². The first-order chi connectivity index (χ1) is 19.0. The maximum atomic E-state index is 13.4. The van der Waals surface area contributed by atoms with Gasteiger partial charge < -0.3 is 19.3 Å². The zero-order chi connectivity index (χ0) is 27.8. The molecule has 0 aliphatic carbocycles. The summed E-state index contributed by atoms with van der Waals surface area (Å²) in [7, 11) is 1.54. The normalized spacial score (nSPS) is 16.4. The zero-order valence-corrected chi connectivity index (χ0v) is 22.7. The van der Waals surface area contributed by atoms with Crippen LogP contribution in [0.2, 0.25) is 0 Å². The monoisotopic (exact) mass is 529 g/mol. The highest BCUT2D eigenvalue weighted by Crippen LogP contribution is 2.43. The summed E-state index contributed by atoms with van der Waals surface area (Å²) in [6.07, 6.45) is 4.05. The van der Waals surface area contributed by atoms with E-state index in [0.717, 1.165) is 25.7 Å². The molecule has 0 spiro atoms. The quantitative estimate of drug-likeness (QED) is 0.122. The molecule has 4 rings (SSSR count). The molecule has 1 aliphatic heterocycles. The zero-order valence-electron chi connectivity index (χ0n) is 22.7. The van der Waals surface area contributed by atoms with Crippen molar-refractivity contribution in [2.45, 2.75) is 45.6 Å². The second-order valence-corrected chi connectivity index (χ2v) is 9.37. The van der Waals surface area contributed by atoms with Crippen molar-refractivity contribution in [3.05, 3.63) is 89.5 Å². The van der Waals surface area contributed by atoms with E-state index in [0.29, 0.717) is 47.3 Å². The summed E-state index contributed by atoms with van der Waals surface area (Å²) in [6, 6.07) is 20.3. The molecule has 1 fully saturated rings. The van der Waals surface area contributed by atoms with Crippen LogP contribution in [0, 0.1) is 0 Å². The molecule has 1 unspecified atom stereocenters. The highest BCUT2D eigenvalue weighted by atomic mass is 16.5. The minimum atomic E-state index is -0.845. The van der Waals surface area contributed by atoms with Crippen LogP contribution >= 0.6 is 0 Å². The van der Waals surface area contributed by atoms with Crippen LogP contribution in [0.5, 0.6) is 17.2 Å². The lowest BCUT2D eigenvalue weighted by molar-refractivity contribution is -0.132. The molecule has 1 saturated heterocycles. The number of aliphatic hydroxyl groups excluding tert-OH is 1. The van der Waals surface area contributed by atoms with E-state index in [1.807, 2.05) is 19.1 Å². The maximum absolute atomic E-state index is 13.4. The van der Waals surface area contributed by atoms with Crippen LogP contribution < -0.4 is 19.1 Å². The van der Waals surface area contributed by atoms with Gasteiger partial charge in [0.05, 0.1) is 31.9 Å². The first kappa shape index (κ1) is 27.8. The molecule has 1 heterocycles. The van der Waals surface area contributed by atoms with Gasteiger partial charge in [0.25, 0.3) is 11.7 Å². The number of amides is 1. The summed E-state index contributed by atoms with van der Waals surface area (Å²) in [4.78, 5) is 28.3. The van der Waals surface area contributed by atoms with Crippen molar-refractivity contribution in [1.82, 2.24) is 0 Å². The minimum Gasteiger partial charge on any atom is -0.507 e. The van der Waals surface area contributed by atoms with Gasteiger partial charge in [0, 0.05) is 17.3 Å². The van der Waals surface area contributed by atoms with E-state index in [4.69, 9.17) is 14.2 Å². The number of unbranched alkanes of at least 4 members (excludes halogenated alkanes) is 2. The van der Waals surface area contributed by atoms with Crippen molar-refractivity contribution in [3.8, 4) is 17.2 Å². The summed E-state index contributed by atoms with van der Waals surface area (Å²) in [6.45, 7) is 5.36. The fraction of sp³-hybridized carbons (Fsp3) is 0.312. The first-order valence-electron chi connectivity index (χ1n) is 13.4. The average molecular weight is 530 g/mol. The highest BCUT2D eigenvalue weighted by Gasteiger charge is 2.47. The third-order valence-corrected chi connectivity index (χ3v) is 6.59. The topological polar surface area (TPSA) is 85.3 Å². The van der Waals surface area contributed by atoms with Gasteiger partial charge in [-0.1, -0.05) is 44.9 Å². The number of hydrogen-bond acceptors (Lipinski definition) is 6. The van der Waals surface area contributed by atoms with E-state index in [2.05, 4.69) is 6.92 Å². The molecule has 1 amide bonds. The Hall–Kier alpha value is -4.26. The SMILES string of the molecule is CCCCCOc1ccc(/C(O)=C2\C(=O)C(=O)N(c3cccc(OC)c3)C2c2ccc(OCCC)cc2)cc1. The Labute approximate surface area is 229 Å². The van der Waals surface area contributed by atoms with Gasteiger partial charge in [-0.05, 0) is 66.9 Å². The summed E-state index contributed by atoms with van der Waals surface area (Å²) < 4.78 is 16.9. The van der Waals surface area contributed by atoms with Crippen molar-refractivity contribution in [1.29, 1.82) is 0 Å². The van der Waals surface area contributed by atoms with E-state index in [-0.39, 0.29) is 11.3 Å². The summed E-state index contributed by atoms with van der Waals surface area (Å²) in [5.41, 5.74) is 1.59. The van der Waals surface area contributed by atoms with E-state index in [9.17, 15) is 14.7 Å². The predicted molar refractivity (Wildman–Crippen MR) is 151 cm³/mol. The minimum absolute atomic E-state index is 0.0154. The smallest absolute Gasteiger partial charge is 0.300 e. The van der Waals surface area contributed by atoms with Crippen LogP contribution in [0.15, 0.2) is 78.4 Å². The Morgan fingerprint density at radius 2 is 1.49 bits per heavy atom. The lowest BCUT2D eigenvalue weighted by Gasteiger charge is -2.26. The first-order valence-corrected chi connectivity index (χ1v) is 13.4. The number of Topliss-reactive ketones (excluding diaryl/α,β-unsaturated/α-hetero) is 1. The van der Waals surface area contributed by atoms with Gasteiger partial charge >= 0.3 is 0 Å². The molecule has 0 radical (unpaired) electrons. The Balaban J connectivity index is 1.75. The third kappa shape index (κ3) is 6.25. The van der Waals surface area contributed by atoms with Gasteiger partial charge in [-0.25, -0.2) is 0 Å². The third-order valence-electron chi connectivity index (χ3n) is 6.59. The molecule has 3 aromatic rings. The molecule has 3 aromatic carbocycles. The molecule has 0 bridgehead atoms. The number of carbonyl (C=O) groups is 2. The van der Waals surface area contributed by atoms with Crippen LogP contribution in [-0.4, -0.2) is 37.1 Å². The van der Waals surface area contributed by atoms with Gasteiger partial charge in [0.2, 0.25) is 0 Å². The van der Waals surface area contributed by atoms with E-state index < -0.39 is 17.7 Å². The average Bonchev–Trinajstić information content (AvgIpc) is 3.24. The molecule has 1 aliphatic rings. The van der Waals surface area contributed by atoms with Gasteiger partial charge in [-0.15, -0.1) is 0 Å². The molecule has 7 nitrogen and oxygen atoms in total. The number of nitrogens with zero attached hydrogens (tertiary/aromatic N) is 1. The van der Waals surface area contributed by atoms with Crippen molar-refractivity contribution in [3.63, 3.8) is 0 Å². The van der Waals surface area contributed by atoms with Gasteiger partial charge in [-0.3, -0.25) is 14.5 Å². The second kappa shape index (κ2) is 13.0. The van der Waals surface area contributed by atoms with Crippen LogP contribution in [0.25, 0.3) is 5.76 Å². The Morgan fingerprint density at radius 3 is 2.13 bits per heavy atom. The van der Waals surface area contributed by atoms with Crippen LogP contribution in [0.4, 0.5) is 5.69 Å². The standard InChI is InChI=1S/C32H35NO6/c1-4-6-7-20-39-26-17-13-23(14-18-26)30(34)28-29(22-11-15-25(16-12-22)38-19-5-2)33(32(36)31(28)35)24-9-8-10-27(21-24)37-3/h8-18,21,29,34H,4-7,19-20H2,1-3H3/b30-28+. The molecule has 39 heavy (non-hydrogen) atoms. The lowest BCUT2D eigenvalue weighted by atomic mass is 9.95. The van der Waals surface area contributed by atoms with Crippen LogP contribution in [0.3, 0.4) is 0 Å². The van der Waals surface area contributed by atoms with Crippen molar-refractivity contribution < 1.29 is 28.9 Å². The molecule has 204 valence electrons. The molecular weight excluding hydrogens is 494 g/mol. The molecule has 7 heteroatoms. The largest absolute Gasteiger partial charge is 0.507 e. The fourth-order valence-electron chi connectivity index (χ4n) is 4.55. The van der Waals surface area contributed by atoms with Gasteiger partial charge in [0.1, 0.15) is 23.0 Å². The lowest BCUT2D eigenvalue weighted by Crippen LogP contribution is -2.29. The molecule has 0 saturated carbocycles. The predicted octanol–water partition coefficient (Wildman–Crippen LogP) is 6.68. The number of carbonyl (C=O) groups excluding carboxylic acids is 2. The van der Waals surface area contributed by atoms with Crippen molar-refractivity contribution >= 4 is 23.1 Å². The summed E-state index contributed by atoms with van der Waals surface area (Å²) in [5, 5.41) is 11.4. The summed E-state index contributed by atoms with van der Waals surface area (Å²) in [5.74, 6) is 0.189. The Bertz CT molecular complexity index is 1310. The van der Waals surface area contributed by atoms with Gasteiger partial charge in [0.15, 0.2) is 0 Å². The van der Waals surface area contributed by atoms with Crippen molar-refractivity contribution in [2.24, 2.45) is 0 Å². The Kier molecular flexibility index (Phi) is 9.26. The van der Waals surface area contributed by atoms with Crippen LogP contribution in [0.1, 0.15) is 56.7 Å². The maximum Gasteiger partial charge on any atom is 0.300 e.